The first-order valence-corrected chi connectivity index (χ1v) is 11.5. The summed E-state index contributed by atoms with van der Waals surface area (Å²) in [4.78, 5) is 30.5. The van der Waals surface area contributed by atoms with Crippen LogP contribution in [0.3, 0.4) is 0 Å². The Balaban J connectivity index is 1.50. The van der Waals surface area contributed by atoms with E-state index in [2.05, 4.69) is 36.2 Å². The summed E-state index contributed by atoms with van der Waals surface area (Å²) in [6.45, 7) is 6.90. The molecule has 5 nitrogen and oxygen atoms in total. The van der Waals surface area contributed by atoms with Crippen LogP contribution in [0.5, 0.6) is 0 Å². The largest absolute Gasteiger partial charge is 0.341 e. The van der Waals surface area contributed by atoms with Crippen LogP contribution >= 0.6 is 0 Å². The summed E-state index contributed by atoms with van der Waals surface area (Å²) in [5.41, 5.74) is 4.31. The molecule has 31 heavy (non-hydrogen) atoms. The molecule has 0 spiro atoms. The fourth-order valence-electron chi connectivity index (χ4n) is 4.69. The fourth-order valence-corrected chi connectivity index (χ4v) is 4.69. The van der Waals surface area contributed by atoms with Crippen LogP contribution in [0, 0.1) is 5.92 Å². The molecule has 0 bridgehead atoms. The Morgan fingerprint density at radius 2 is 1.71 bits per heavy atom. The van der Waals surface area contributed by atoms with Crippen LogP contribution in [0.15, 0.2) is 48.5 Å². The number of benzene rings is 2. The predicted molar refractivity (Wildman–Crippen MR) is 124 cm³/mol. The molecule has 1 fully saturated rings. The predicted octanol–water partition coefficient (Wildman–Crippen LogP) is 4.05. The topological polar surface area (TPSA) is 52.7 Å². The summed E-state index contributed by atoms with van der Waals surface area (Å²) in [6, 6.07) is 15.8. The smallest absolute Gasteiger partial charge is 0.244 e. The van der Waals surface area contributed by atoms with Gasteiger partial charge in [-0.1, -0.05) is 50.2 Å². The van der Waals surface area contributed by atoms with Gasteiger partial charge in [-0.05, 0) is 60.4 Å². The molecule has 2 amide bonds. The molecule has 2 aromatic rings. The van der Waals surface area contributed by atoms with Crippen LogP contribution in [-0.4, -0.2) is 47.8 Å². The lowest BCUT2D eigenvalue weighted by molar-refractivity contribution is -0.139. The Labute approximate surface area is 185 Å². The molecular weight excluding hydrogens is 386 g/mol. The fraction of sp³-hybridized carbons (Fsp3) is 0.462. The zero-order valence-electron chi connectivity index (χ0n) is 18.6. The lowest BCUT2D eigenvalue weighted by atomic mass is 9.90. The normalized spacial score (nSPS) is 19.7. The maximum Gasteiger partial charge on any atom is 0.244 e. The van der Waals surface area contributed by atoms with Crippen molar-refractivity contribution in [1.29, 1.82) is 0 Å². The number of anilines is 1. The lowest BCUT2D eigenvalue weighted by Crippen LogP contribution is -2.50. The number of nitrogens with zero attached hydrogens (tertiary/aromatic N) is 2. The van der Waals surface area contributed by atoms with Crippen LogP contribution in [0.2, 0.25) is 0 Å². The second-order valence-electron chi connectivity index (χ2n) is 8.93. The summed E-state index contributed by atoms with van der Waals surface area (Å²) in [5, 5.41) is 3.00. The number of nitrogens with one attached hydrogen (secondary N) is 1. The molecule has 4 rings (SSSR count). The number of rotatable bonds is 5. The summed E-state index contributed by atoms with van der Waals surface area (Å²) in [5.74, 6) is 0.733. The van der Waals surface area contributed by atoms with E-state index in [0.717, 1.165) is 50.0 Å². The minimum absolute atomic E-state index is 0.0753. The SMILES string of the molecule is CCc1ccc(NC(=O)CN2CCc3ccccc3C2C(=O)N2CCC(C)CC2)cc1. The van der Waals surface area contributed by atoms with Gasteiger partial charge in [0.2, 0.25) is 11.8 Å². The average Bonchev–Trinajstić information content (AvgIpc) is 2.79. The maximum absolute atomic E-state index is 13.6. The molecule has 2 aliphatic heterocycles. The maximum atomic E-state index is 13.6. The Hall–Kier alpha value is -2.66. The van der Waals surface area contributed by atoms with E-state index in [9.17, 15) is 9.59 Å². The highest BCUT2D eigenvalue weighted by Gasteiger charge is 2.37. The first kappa shape index (κ1) is 21.6. The van der Waals surface area contributed by atoms with Crippen molar-refractivity contribution in [3.8, 4) is 0 Å². The Bertz CT molecular complexity index is 917. The van der Waals surface area contributed by atoms with Crippen LogP contribution in [0.1, 0.15) is 49.4 Å². The number of carbonyl (C=O) groups excluding carboxylic acids is 2. The molecule has 1 N–H and O–H groups in total. The number of aryl methyl sites for hydroxylation is 1. The van der Waals surface area contributed by atoms with E-state index in [0.29, 0.717) is 12.5 Å². The molecule has 2 aromatic carbocycles. The van der Waals surface area contributed by atoms with Crippen molar-refractivity contribution >= 4 is 17.5 Å². The molecule has 0 aliphatic carbocycles. The van der Waals surface area contributed by atoms with Crippen molar-refractivity contribution in [2.24, 2.45) is 5.92 Å². The third-order valence-corrected chi connectivity index (χ3v) is 6.71. The minimum Gasteiger partial charge on any atom is -0.341 e. The molecule has 0 saturated carbocycles. The monoisotopic (exact) mass is 419 g/mol. The van der Waals surface area contributed by atoms with E-state index in [1.54, 1.807) is 0 Å². The molecule has 5 heteroatoms. The number of carbonyl (C=O) groups is 2. The first-order chi connectivity index (χ1) is 15.0. The van der Waals surface area contributed by atoms with Gasteiger partial charge in [0.15, 0.2) is 0 Å². The van der Waals surface area contributed by atoms with E-state index in [4.69, 9.17) is 0 Å². The van der Waals surface area contributed by atoms with Crippen LogP contribution < -0.4 is 5.32 Å². The van der Waals surface area contributed by atoms with Gasteiger partial charge in [0, 0.05) is 25.3 Å². The molecular formula is C26H33N3O2. The molecule has 0 aromatic heterocycles. The third kappa shape index (κ3) is 4.99. The number of hydrogen-bond acceptors (Lipinski definition) is 3. The van der Waals surface area contributed by atoms with E-state index in [-0.39, 0.29) is 24.4 Å². The van der Waals surface area contributed by atoms with Gasteiger partial charge in [-0.15, -0.1) is 0 Å². The Morgan fingerprint density at radius 3 is 2.42 bits per heavy atom. The number of fused-ring (bicyclic) bond motifs is 1. The van der Waals surface area contributed by atoms with Crippen LogP contribution in [0.4, 0.5) is 5.69 Å². The van der Waals surface area contributed by atoms with E-state index < -0.39 is 0 Å². The van der Waals surface area contributed by atoms with Gasteiger partial charge < -0.3 is 10.2 Å². The highest BCUT2D eigenvalue weighted by molar-refractivity contribution is 5.93. The van der Waals surface area contributed by atoms with Gasteiger partial charge in [0.25, 0.3) is 0 Å². The van der Waals surface area contributed by atoms with E-state index in [1.807, 2.05) is 41.3 Å². The zero-order chi connectivity index (χ0) is 21.8. The summed E-state index contributed by atoms with van der Waals surface area (Å²) < 4.78 is 0. The highest BCUT2D eigenvalue weighted by atomic mass is 16.2. The van der Waals surface area contributed by atoms with Crippen LogP contribution in [-0.2, 0) is 22.4 Å². The third-order valence-electron chi connectivity index (χ3n) is 6.71. The molecule has 0 radical (unpaired) electrons. The van der Waals surface area contributed by atoms with Crippen molar-refractivity contribution in [2.45, 2.75) is 45.6 Å². The Morgan fingerprint density at radius 1 is 1.00 bits per heavy atom. The lowest BCUT2D eigenvalue weighted by Gasteiger charge is -2.40. The first-order valence-electron chi connectivity index (χ1n) is 11.5. The van der Waals surface area contributed by atoms with Gasteiger partial charge in [-0.2, -0.15) is 0 Å². The van der Waals surface area contributed by atoms with Gasteiger partial charge in [0.1, 0.15) is 6.04 Å². The van der Waals surface area contributed by atoms with Crippen molar-refractivity contribution in [3.05, 3.63) is 65.2 Å². The molecule has 1 atom stereocenters. The Kier molecular flexibility index (Phi) is 6.71. The van der Waals surface area contributed by atoms with Gasteiger partial charge in [-0.3, -0.25) is 14.5 Å². The second kappa shape index (κ2) is 9.65. The van der Waals surface area contributed by atoms with Crippen molar-refractivity contribution < 1.29 is 9.59 Å². The van der Waals surface area contributed by atoms with Gasteiger partial charge in [0.05, 0.1) is 6.54 Å². The number of hydrogen-bond donors (Lipinski definition) is 1. The summed E-state index contributed by atoms with van der Waals surface area (Å²) in [7, 11) is 0. The van der Waals surface area contributed by atoms with E-state index >= 15 is 0 Å². The molecule has 2 aliphatic rings. The van der Waals surface area contributed by atoms with E-state index in [1.165, 1.54) is 11.1 Å². The minimum atomic E-state index is -0.383. The van der Waals surface area contributed by atoms with Crippen molar-refractivity contribution in [1.82, 2.24) is 9.80 Å². The second-order valence-corrected chi connectivity index (χ2v) is 8.93. The average molecular weight is 420 g/mol. The van der Waals surface area contributed by atoms with Gasteiger partial charge in [-0.25, -0.2) is 0 Å². The molecule has 164 valence electrons. The molecule has 1 saturated heterocycles. The number of likely N-dealkylation sites (tertiary alicyclic amines) is 1. The quantitative estimate of drug-likeness (QED) is 0.796. The van der Waals surface area contributed by atoms with Crippen molar-refractivity contribution in [3.63, 3.8) is 0 Å². The molecule has 1 unspecified atom stereocenters. The number of amides is 2. The molecule has 2 heterocycles. The van der Waals surface area contributed by atoms with Crippen LogP contribution in [0.25, 0.3) is 0 Å². The number of piperidine rings is 1. The van der Waals surface area contributed by atoms with Crippen molar-refractivity contribution in [2.75, 3.05) is 31.5 Å². The standard InChI is InChI=1S/C26H33N3O2/c1-3-20-8-10-22(11-9-20)27-24(30)18-29-17-14-21-6-4-5-7-23(21)25(29)26(31)28-15-12-19(2)13-16-28/h4-11,19,25H,3,12-18H2,1-2H3,(H,27,30). The zero-order valence-corrected chi connectivity index (χ0v) is 18.6. The van der Waals surface area contributed by atoms with Gasteiger partial charge >= 0.3 is 0 Å². The summed E-state index contributed by atoms with van der Waals surface area (Å²) >= 11 is 0. The summed E-state index contributed by atoms with van der Waals surface area (Å²) in [6.07, 6.45) is 3.93. The highest BCUT2D eigenvalue weighted by Crippen LogP contribution is 2.32.